The average molecular weight is 238 g/mol. The van der Waals surface area contributed by atoms with E-state index in [1.165, 1.54) is 0 Å². The maximum Gasteiger partial charge on any atom is 0.0827 e. The van der Waals surface area contributed by atoms with E-state index < -0.39 is 0 Å². The van der Waals surface area contributed by atoms with E-state index in [-0.39, 0.29) is 0 Å². The molecule has 0 spiro atoms. The predicted octanol–water partition coefficient (Wildman–Crippen LogP) is 4.24. The second-order valence-electron chi connectivity index (χ2n) is 3.20. The summed E-state index contributed by atoms with van der Waals surface area (Å²) in [6.45, 7) is 0. The Hall–Kier alpha value is -1.18. The monoisotopic (exact) mass is 237 g/mol. The van der Waals surface area contributed by atoms with Crippen molar-refractivity contribution in [2.45, 2.75) is 0 Å². The molecule has 2 aromatic carbocycles. The Morgan fingerprint density at radius 1 is 0.800 bits per heavy atom. The molecule has 0 saturated heterocycles. The van der Waals surface area contributed by atoms with Crippen LogP contribution in [0, 0.1) is 0 Å². The number of nitrogens with two attached hydrogens (primary N) is 1. The molecular formula is C12H9Cl2N. The van der Waals surface area contributed by atoms with Gasteiger partial charge in [0.1, 0.15) is 0 Å². The Bertz CT molecular complexity index is 480. The van der Waals surface area contributed by atoms with Gasteiger partial charge in [-0.1, -0.05) is 59.6 Å². The lowest BCUT2D eigenvalue weighted by molar-refractivity contribution is 1.61. The van der Waals surface area contributed by atoms with Crippen LogP contribution in [0.25, 0.3) is 11.1 Å². The molecule has 3 heteroatoms. The van der Waals surface area contributed by atoms with Crippen LogP contribution >= 0.6 is 23.2 Å². The molecular weight excluding hydrogens is 229 g/mol. The zero-order valence-electron chi connectivity index (χ0n) is 7.87. The molecule has 0 saturated carbocycles. The molecule has 0 aliphatic heterocycles. The molecule has 1 nitrogen and oxygen atoms in total. The van der Waals surface area contributed by atoms with E-state index in [4.69, 9.17) is 28.9 Å². The van der Waals surface area contributed by atoms with Gasteiger partial charge in [-0.3, -0.25) is 0 Å². The van der Waals surface area contributed by atoms with E-state index in [2.05, 4.69) is 0 Å². The van der Waals surface area contributed by atoms with Gasteiger partial charge >= 0.3 is 0 Å². The lowest BCUT2D eigenvalue weighted by Gasteiger charge is -2.07. The van der Waals surface area contributed by atoms with Gasteiger partial charge < -0.3 is 5.73 Å². The Morgan fingerprint density at radius 3 is 2.13 bits per heavy atom. The number of hydrogen-bond donors (Lipinski definition) is 1. The van der Waals surface area contributed by atoms with Crippen molar-refractivity contribution in [3.63, 3.8) is 0 Å². The molecule has 2 rings (SSSR count). The average Bonchev–Trinajstić information content (AvgIpc) is 2.27. The summed E-state index contributed by atoms with van der Waals surface area (Å²) < 4.78 is 0. The van der Waals surface area contributed by atoms with Gasteiger partial charge in [-0.2, -0.15) is 0 Å². The minimum atomic E-state index is 0.415. The van der Waals surface area contributed by atoms with Crippen molar-refractivity contribution in [2.24, 2.45) is 0 Å². The minimum absolute atomic E-state index is 0.415. The first kappa shape index (κ1) is 10.3. The van der Waals surface area contributed by atoms with Gasteiger partial charge in [-0.15, -0.1) is 0 Å². The fourth-order valence-corrected chi connectivity index (χ4v) is 1.85. The molecule has 0 amide bonds. The van der Waals surface area contributed by atoms with E-state index in [0.29, 0.717) is 15.7 Å². The number of nitrogen functional groups attached to an aromatic ring is 1. The van der Waals surface area contributed by atoms with Gasteiger partial charge in [0.05, 0.1) is 15.7 Å². The normalized spacial score (nSPS) is 10.3. The highest BCUT2D eigenvalue weighted by Gasteiger charge is 2.08. The zero-order chi connectivity index (χ0) is 10.8. The van der Waals surface area contributed by atoms with Crippen LogP contribution in [0.4, 0.5) is 5.69 Å². The maximum atomic E-state index is 6.12. The molecule has 0 atom stereocenters. The highest BCUT2D eigenvalue weighted by Crippen LogP contribution is 2.36. The molecule has 15 heavy (non-hydrogen) atoms. The molecule has 0 fully saturated rings. The van der Waals surface area contributed by atoms with Gasteiger partial charge in [0.25, 0.3) is 0 Å². The molecule has 0 aliphatic carbocycles. The van der Waals surface area contributed by atoms with Crippen molar-refractivity contribution in [1.82, 2.24) is 0 Å². The zero-order valence-corrected chi connectivity index (χ0v) is 9.39. The largest absolute Gasteiger partial charge is 0.397 e. The summed E-state index contributed by atoms with van der Waals surface area (Å²) in [6, 6.07) is 13.5. The van der Waals surface area contributed by atoms with Crippen LogP contribution in [0.3, 0.4) is 0 Å². The molecule has 76 valence electrons. The van der Waals surface area contributed by atoms with Gasteiger partial charge in [-0.25, -0.2) is 0 Å². The summed E-state index contributed by atoms with van der Waals surface area (Å²) in [5, 5.41) is 0.917. The number of anilines is 1. The molecule has 0 radical (unpaired) electrons. The SMILES string of the molecule is Nc1ccc(-c2ccccc2)c(Cl)c1Cl. The molecule has 2 N–H and O–H groups in total. The number of benzene rings is 2. The first-order valence-corrected chi connectivity index (χ1v) is 5.24. The number of halogens is 2. The summed E-state index contributed by atoms with van der Waals surface area (Å²) >= 11 is 12.1. The lowest BCUT2D eigenvalue weighted by atomic mass is 10.1. The van der Waals surface area contributed by atoms with E-state index in [0.717, 1.165) is 11.1 Å². The van der Waals surface area contributed by atoms with Crippen LogP contribution in [0.15, 0.2) is 42.5 Å². The second kappa shape index (κ2) is 4.13. The first-order chi connectivity index (χ1) is 7.20. The summed E-state index contributed by atoms with van der Waals surface area (Å²) in [5.41, 5.74) is 8.08. The van der Waals surface area contributed by atoms with Gasteiger partial charge in [0.2, 0.25) is 0 Å². The summed E-state index contributed by atoms with van der Waals surface area (Å²) in [4.78, 5) is 0. The molecule has 0 aromatic heterocycles. The van der Waals surface area contributed by atoms with E-state index in [1.807, 2.05) is 36.4 Å². The van der Waals surface area contributed by atoms with Crippen LogP contribution in [0.2, 0.25) is 10.0 Å². The third kappa shape index (κ3) is 1.94. The summed E-state index contributed by atoms with van der Waals surface area (Å²) in [7, 11) is 0. The van der Waals surface area contributed by atoms with Crippen molar-refractivity contribution >= 4 is 28.9 Å². The molecule has 2 aromatic rings. The summed E-state index contributed by atoms with van der Waals surface area (Å²) in [5.74, 6) is 0. The Kier molecular flexibility index (Phi) is 2.85. The number of rotatable bonds is 1. The summed E-state index contributed by atoms with van der Waals surface area (Å²) in [6.07, 6.45) is 0. The predicted molar refractivity (Wildman–Crippen MR) is 66.3 cm³/mol. The van der Waals surface area contributed by atoms with Crippen molar-refractivity contribution < 1.29 is 0 Å². The van der Waals surface area contributed by atoms with Gasteiger partial charge in [0.15, 0.2) is 0 Å². The first-order valence-electron chi connectivity index (χ1n) is 4.49. The van der Waals surface area contributed by atoms with Crippen molar-refractivity contribution in [2.75, 3.05) is 5.73 Å². The Morgan fingerprint density at radius 2 is 1.47 bits per heavy atom. The molecule has 0 heterocycles. The van der Waals surface area contributed by atoms with E-state index in [9.17, 15) is 0 Å². The van der Waals surface area contributed by atoms with E-state index in [1.54, 1.807) is 6.07 Å². The standard InChI is InChI=1S/C12H9Cl2N/c13-11-9(6-7-10(15)12(11)14)8-4-2-1-3-5-8/h1-7H,15H2. The van der Waals surface area contributed by atoms with Crippen molar-refractivity contribution in [1.29, 1.82) is 0 Å². The fourth-order valence-electron chi connectivity index (χ4n) is 1.41. The van der Waals surface area contributed by atoms with Crippen LogP contribution in [0.1, 0.15) is 0 Å². The molecule has 0 aliphatic rings. The van der Waals surface area contributed by atoms with Crippen LogP contribution in [-0.4, -0.2) is 0 Å². The lowest BCUT2D eigenvalue weighted by Crippen LogP contribution is -1.88. The van der Waals surface area contributed by atoms with Gasteiger partial charge in [0, 0.05) is 5.56 Å². The maximum absolute atomic E-state index is 6.12. The highest BCUT2D eigenvalue weighted by atomic mass is 35.5. The van der Waals surface area contributed by atoms with E-state index >= 15 is 0 Å². The van der Waals surface area contributed by atoms with Gasteiger partial charge in [-0.05, 0) is 11.6 Å². The molecule has 0 unspecified atom stereocenters. The third-order valence-electron chi connectivity index (χ3n) is 2.20. The highest BCUT2D eigenvalue weighted by molar-refractivity contribution is 6.45. The topological polar surface area (TPSA) is 26.0 Å². The van der Waals surface area contributed by atoms with Crippen LogP contribution in [0.5, 0.6) is 0 Å². The minimum Gasteiger partial charge on any atom is -0.397 e. The molecule has 0 bridgehead atoms. The smallest absolute Gasteiger partial charge is 0.0827 e. The number of hydrogen-bond acceptors (Lipinski definition) is 1. The Labute approximate surface area is 98.4 Å². The van der Waals surface area contributed by atoms with Crippen LogP contribution < -0.4 is 5.73 Å². The third-order valence-corrected chi connectivity index (χ3v) is 3.09. The fraction of sp³-hybridized carbons (Fsp3) is 0. The second-order valence-corrected chi connectivity index (χ2v) is 3.95. The van der Waals surface area contributed by atoms with Crippen molar-refractivity contribution in [3.05, 3.63) is 52.5 Å². The van der Waals surface area contributed by atoms with Crippen LogP contribution in [-0.2, 0) is 0 Å². The quantitative estimate of drug-likeness (QED) is 0.738. The Balaban J connectivity index is 2.60. The van der Waals surface area contributed by atoms with Crippen molar-refractivity contribution in [3.8, 4) is 11.1 Å².